The summed E-state index contributed by atoms with van der Waals surface area (Å²) < 4.78 is 3.57. The average Bonchev–Trinajstić information content (AvgIpc) is 2.32. The molecule has 0 bridgehead atoms. The van der Waals surface area contributed by atoms with Crippen LogP contribution in [0.25, 0.3) is 5.65 Å². The number of aromatic nitrogens is 3. The van der Waals surface area contributed by atoms with E-state index in [2.05, 4.69) is 41.8 Å². The molecular formula is C8H7Br2N3. The lowest BCUT2D eigenvalue weighted by molar-refractivity contribution is 1.04. The molecule has 0 amide bonds. The number of fused-ring (bicyclic) bond motifs is 1. The third-order valence-corrected chi connectivity index (χ3v) is 2.93. The largest absolute Gasteiger partial charge is 0.299 e. The van der Waals surface area contributed by atoms with E-state index < -0.39 is 0 Å². The summed E-state index contributed by atoms with van der Waals surface area (Å²) in [4.78, 5) is 8.59. The SMILES string of the molecule is Cc1nc2c(Br)nc(Br)cn2c1C. The zero-order valence-corrected chi connectivity index (χ0v) is 10.3. The maximum atomic E-state index is 4.39. The highest BCUT2D eigenvalue weighted by molar-refractivity contribution is 9.11. The third kappa shape index (κ3) is 1.40. The van der Waals surface area contributed by atoms with Crippen molar-refractivity contribution in [2.24, 2.45) is 0 Å². The minimum atomic E-state index is 0.762. The lowest BCUT2D eigenvalue weighted by Crippen LogP contribution is -1.91. The molecule has 5 heteroatoms. The molecule has 3 nitrogen and oxygen atoms in total. The van der Waals surface area contributed by atoms with E-state index in [1.807, 2.05) is 24.4 Å². The van der Waals surface area contributed by atoms with Crippen molar-refractivity contribution in [2.45, 2.75) is 13.8 Å². The van der Waals surface area contributed by atoms with Crippen molar-refractivity contribution in [3.05, 3.63) is 26.8 Å². The van der Waals surface area contributed by atoms with Crippen LogP contribution in [0.5, 0.6) is 0 Å². The molecule has 13 heavy (non-hydrogen) atoms. The average molecular weight is 305 g/mol. The maximum Gasteiger partial charge on any atom is 0.170 e. The zero-order chi connectivity index (χ0) is 9.59. The first kappa shape index (κ1) is 9.15. The van der Waals surface area contributed by atoms with E-state index in [9.17, 15) is 0 Å². The van der Waals surface area contributed by atoms with Crippen molar-refractivity contribution < 1.29 is 0 Å². The molecule has 0 aliphatic carbocycles. The first-order valence-corrected chi connectivity index (χ1v) is 5.35. The van der Waals surface area contributed by atoms with E-state index in [-0.39, 0.29) is 0 Å². The molecule has 0 aliphatic heterocycles. The number of nitrogens with zero attached hydrogens (tertiary/aromatic N) is 3. The standard InChI is InChI=1S/C8H7Br2N3/c1-4-5(2)13-3-6(9)12-7(10)8(13)11-4/h3H,1-2H3. The Balaban J connectivity index is 2.94. The van der Waals surface area contributed by atoms with Gasteiger partial charge in [0.2, 0.25) is 0 Å². The first-order chi connectivity index (χ1) is 6.09. The predicted octanol–water partition coefficient (Wildman–Crippen LogP) is 2.87. The summed E-state index contributed by atoms with van der Waals surface area (Å²) in [7, 11) is 0. The van der Waals surface area contributed by atoms with E-state index in [4.69, 9.17) is 0 Å². The van der Waals surface area contributed by atoms with Gasteiger partial charge in [0.05, 0.1) is 5.69 Å². The van der Waals surface area contributed by atoms with Crippen LogP contribution in [0.4, 0.5) is 0 Å². The summed E-state index contributed by atoms with van der Waals surface area (Å²) in [5, 5.41) is 0. The minimum Gasteiger partial charge on any atom is -0.299 e. The maximum absolute atomic E-state index is 4.39. The van der Waals surface area contributed by atoms with Gasteiger partial charge in [0, 0.05) is 11.9 Å². The Labute approximate surface area is 92.5 Å². The van der Waals surface area contributed by atoms with Gasteiger partial charge in [-0.1, -0.05) is 0 Å². The van der Waals surface area contributed by atoms with Gasteiger partial charge in [-0.05, 0) is 45.7 Å². The van der Waals surface area contributed by atoms with Crippen LogP contribution >= 0.6 is 31.9 Å². The Hall–Kier alpha value is -0.420. The van der Waals surface area contributed by atoms with Crippen LogP contribution in [0.2, 0.25) is 0 Å². The van der Waals surface area contributed by atoms with Crippen molar-refractivity contribution in [1.82, 2.24) is 14.4 Å². The van der Waals surface area contributed by atoms with E-state index in [0.717, 1.165) is 26.2 Å². The molecule has 0 saturated carbocycles. The summed E-state index contributed by atoms with van der Waals surface area (Å²) >= 11 is 6.71. The third-order valence-electron chi connectivity index (χ3n) is 2.01. The molecule has 0 atom stereocenters. The Morgan fingerprint density at radius 1 is 1.23 bits per heavy atom. The molecule has 0 fully saturated rings. The van der Waals surface area contributed by atoms with E-state index in [1.165, 1.54) is 0 Å². The highest BCUT2D eigenvalue weighted by atomic mass is 79.9. The van der Waals surface area contributed by atoms with Crippen LogP contribution in [-0.4, -0.2) is 14.4 Å². The molecule has 2 rings (SSSR count). The van der Waals surface area contributed by atoms with E-state index >= 15 is 0 Å². The number of hydrogen-bond donors (Lipinski definition) is 0. The van der Waals surface area contributed by atoms with Crippen LogP contribution in [-0.2, 0) is 0 Å². The fourth-order valence-electron chi connectivity index (χ4n) is 1.21. The summed E-state index contributed by atoms with van der Waals surface area (Å²) in [6.07, 6.45) is 1.91. The molecule has 0 unspecified atom stereocenters. The fraction of sp³-hybridized carbons (Fsp3) is 0.250. The highest BCUT2D eigenvalue weighted by Crippen LogP contribution is 2.20. The van der Waals surface area contributed by atoms with Crippen LogP contribution in [0.3, 0.4) is 0 Å². The van der Waals surface area contributed by atoms with Gasteiger partial charge in [-0.25, -0.2) is 9.97 Å². The number of hydrogen-bond acceptors (Lipinski definition) is 2. The van der Waals surface area contributed by atoms with Crippen molar-refractivity contribution in [3.63, 3.8) is 0 Å². The topological polar surface area (TPSA) is 30.2 Å². The van der Waals surface area contributed by atoms with E-state index in [1.54, 1.807) is 0 Å². The molecule has 2 heterocycles. The predicted molar refractivity (Wildman–Crippen MR) is 57.9 cm³/mol. The lowest BCUT2D eigenvalue weighted by Gasteiger charge is -1.98. The summed E-state index contributed by atoms with van der Waals surface area (Å²) in [5.41, 5.74) is 3.03. The van der Waals surface area contributed by atoms with Gasteiger partial charge in [0.1, 0.15) is 4.60 Å². The highest BCUT2D eigenvalue weighted by Gasteiger charge is 2.08. The second-order valence-electron chi connectivity index (χ2n) is 2.83. The molecule has 0 spiro atoms. The number of rotatable bonds is 0. The molecule has 0 saturated heterocycles. The lowest BCUT2D eigenvalue weighted by atomic mass is 10.4. The van der Waals surface area contributed by atoms with E-state index in [0.29, 0.717) is 0 Å². The minimum absolute atomic E-state index is 0.762. The molecule has 68 valence electrons. The van der Waals surface area contributed by atoms with Crippen LogP contribution < -0.4 is 0 Å². The smallest absolute Gasteiger partial charge is 0.170 e. The number of aryl methyl sites for hydroxylation is 2. The second-order valence-corrected chi connectivity index (χ2v) is 4.39. The summed E-state index contributed by atoms with van der Waals surface area (Å²) in [6, 6.07) is 0. The van der Waals surface area contributed by atoms with Gasteiger partial charge >= 0.3 is 0 Å². The molecule has 0 aliphatic rings. The molecular weight excluding hydrogens is 298 g/mol. The number of halogens is 2. The van der Waals surface area contributed by atoms with Crippen LogP contribution in [0.15, 0.2) is 15.4 Å². The van der Waals surface area contributed by atoms with Crippen molar-refractivity contribution in [3.8, 4) is 0 Å². The quantitative estimate of drug-likeness (QED) is 0.749. The summed E-state index contributed by atoms with van der Waals surface area (Å²) in [6.45, 7) is 4.02. The van der Waals surface area contributed by atoms with Gasteiger partial charge < -0.3 is 0 Å². The molecule has 0 N–H and O–H groups in total. The fourth-order valence-corrected chi connectivity index (χ4v) is 2.30. The van der Waals surface area contributed by atoms with Gasteiger partial charge in [0.15, 0.2) is 10.3 Å². The second kappa shape index (κ2) is 3.06. The Kier molecular flexibility index (Phi) is 2.15. The normalized spacial score (nSPS) is 11.1. The van der Waals surface area contributed by atoms with Gasteiger partial charge in [-0.2, -0.15) is 0 Å². The number of imidazole rings is 1. The molecule has 0 aromatic carbocycles. The Bertz CT molecular complexity index is 476. The van der Waals surface area contributed by atoms with Crippen molar-refractivity contribution in [2.75, 3.05) is 0 Å². The molecule has 0 radical (unpaired) electrons. The van der Waals surface area contributed by atoms with Gasteiger partial charge in [0.25, 0.3) is 0 Å². The van der Waals surface area contributed by atoms with Gasteiger partial charge in [-0.15, -0.1) is 0 Å². The van der Waals surface area contributed by atoms with Crippen LogP contribution in [0.1, 0.15) is 11.4 Å². The Morgan fingerprint density at radius 3 is 2.62 bits per heavy atom. The Morgan fingerprint density at radius 2 is 1.92 bits per heavy atom. The first-order valence-electron chi connectivity index (χ1n) is 3.77. The van der Waals surface area contributed by atoms with Crippen molar-refractivity contribution in [1.29, 1.82) is 0 Å². The van der Waals surface area contributed by atoms with Crippen molar-refractivity contribution >= 4 is 37.5 Å². The monoisotopic (exact) mass is 303 g/mol. The zero-order valence-electron chi connectivity index (χ0n) is 7.17. The van der Waals surface area contributed by atoms with Gasteiger partial charge in [-0.3, -0.25) is 4.40 Å². The summed E-state index contributed by atoms with van der Waals surface area (Å²) in [5.74, 6) is 0. The van der Waals surface area contributed by atoms with Crippen LogP contribution in [0, 0.1) is 13.8 Å². The molecule has 2 aromatic heterocycles. The molecule has 2 aromatic rings.